The summed E-state index contributed by atoms with van der Waals surface area (Å²) < 4.78 is 5.56. The number of nitrogens with zero attached hydrogens (tertiary/aromatic N) is 1. The summed E-state index contributed by atoms with van der Waals surface area (Å²) in [6, 6.07) is 13.5. The topological polar surface area (TPSA) is 424 Å². The molecule has 96 heavy (non-hydrogen) atoms. The molecule has 0 saturated carbocycles. The van der Waals surface area contributed by atoms with E-state index in [0.717, 1.165) is 27.1 Å². The number of carbonyl (C=O) groups is 12. The van der Waals surface area contributed by atoms with Gasteiger partial charge in [-0.2, -0.15) is 0 Å². The Balaban J connectivity index is 0.908. The molecule has 7 rings (SSSR count). The number of ether oxygens (including phenoxy) is 1. The van der Waals surface area contributed by atoms with Crippen LogP contribution in [0.5, 0.6) is 11.5 Å². The molecule has 0 radical (unpaired) electrons. The minimum Gasteiger partial charge on any atom is -0.508 e. The highest BCUT2D eigenvalue weighted by molar-refractivity contribution is 7.15. The van der Waals surface area contributed by atoms with E-state index >= 15 is 0 Å². The maximum absolute atomic E-state index is 14.0. The normalized spacial score (nSPS) is 18.8. The Morgan fingerprint density at radius 3 is 1.70 bits per heavy atom. The summed E-state index contributed by atoms with van der Waals surface area (Å²) in [5.74, 6) is -8.91. The number of hydrogen-bond donors (Lipinski definition) is 15. The zero-order chi connectivity index (χ0) is 69.9. The molecule has 0 spiro atoms. The van der Waals surface area contributed by atoms with Crippen molar-refractivity contribution in [1.82, 2.24) is 68.8 Å². The second-order valence-electron chi connectivity index (χ2n) is 23.6. The number of aromatic nitrogens is 1. The summed E-state index contributed by atoms with van der Waals surface area (Å²) in [7, 11) is 0. The molecule has 30 heteroatoms. The lowest BCUT2D eigenvalue weighted by atomic mass is 9.98. The SMILES string of the molecule is C[C@H](NC(=O)OCC1c2ccccc2-c2ccccc21)C(=O)N[C@@H](C)C(=O)N[C@@H](C)C(=O)N[C@@H](Cc1ccc(O)cc1)C(=O)N[C@@H](C)C(=O)N[C@@H](C)C(=O)NCC(=O)N[C@H]1Cc2ccc(O)c(c2)Cc2cnc(s2)NCCCNC(=O)[C@H](C)NC(=O)[C@H](C)NC(=O)[C@H](C)NC1=O. The fourth-order valence-electron chi connectivity index (χ4n) is 10.3. The highest BCUT2D eigenvalue weighted by atomic mass is 32.1. The van der Waals surface area contributed by atoms with Crippen LogP contribution in [0.25, 0.3) is 11.1 Å². The summed E-state index contributed by atoms with van der Waals surface area (Å²) in [6.07, 6.45) is 1.21. The van der Waals surface area contributed by atoms with Gasteiger partial charge in [0.1, 0.15) is 78.5 Å². The highest BCUT2D eigenvalue weighted by Crippen LogP contribution is 2.44. The Kier molecular flexibility index (Phi) is 25.7. The maximum atomic E-state index is 14.0. The Morgan fingerprint density at radius 1 is 0.594 bits per heavy atom. The second kappa shape index (κ2) is 34.0. The number of aromatic hydroxyl groups is 2. The van der Waals surface area contributed by atoms with Gasteiger partial charge >= 0.3 is 6.09 Å². The molecular formula is C66H82N14O15S. The van der Waals surface area contributed by atoms with E-state index in [4.69, 9.17) is 4.74 Å². The van der Waals surface area contributed by atoms with Crippen LogP contribution in [0.3, 0.4) is 0 Å². The van der Waals surface area contributed by atoms with Gasteiger partial charge in [-0.15, -0.1) is 11.3 Å². The van der Waals surface area contributed by atoms with Gasteiger partial charge in [-0.25, -0.2) is 9.78 Å². The highest BCUT2D eigenvalue weighted by Gasteiger charge is 2.33. The van der Waals surface area contributed by atoms with Gasteiger partial charge in [-0.05, 0) is 119 Å². The zero-order valence-corrected chi connectivity index (χ0v) is 55.1. The molecule has 2 heterocycles. The molecule has 0 unspecified atom stereocenters. The summed E-state index contributed by atoms with van der Waals surface area (Å²) in [4.78, 5) is 166. The lowest BCUT2D eigenvalue weighted by Gasteiger charge is -2.25. The van der Waals surface area contributed by atoms with Crippen molar-refractivity contribution in [3.05, 3.63) is 130 Å². The van der Waals surface area contributed by atoms with E-state index in [1.165, 1.54) is 97.1 Å². The third kappa shape index (κ3) is 20.7. The first-order valence-corrected chi connectivity index (χ1v) is 32.1. The fourth-order valence-corrected chi connectivity index (χ4v) is 11.1. The van der Waals surface area contributed by atoms with Gasteiger partial charge in [-0.3, -0.25) is 52.7 Å². The smallest absolute Gasteiger partial charge is 0.407 e. The van der Waals surface area contributed by atoms with E-state index in [1.54, 1.807) is 18.3 Å². The number of thiazole rings is 1. The Labute approximate surface area is 558 Å². The van der Waals surface area contributed by atoms with E-state index in [0.29, 0.717) is 41.3 Å². The van der Waals surface area contributed by atoms with Crippen molar-refractivity contribution in [3.63, 3.8) is 0 Å². The first kappa shape index (κ1) is 72.8. The van der Waals surface area contributed by atoms with E-state index in [1.807, 2.05) is 48.5 Å². The van der Waals surface area contributed by atoms with Gasteiger partial charge in [0.25, 0.3) is 0 Å². The molecule has 4 bridgehead atoms. The summed E-state index contributed by atoms with van der Waals surface area (Å²) in [6.45, 7) is 11.0. The molecule has 10 atom stereocenters. The summed E-state index contributed by atoms with van der Waals surface area (Å²) >= 11 is 1.34. The number of alkyl carbamates (subject to hydrolysis) is 1. The Morgan fingerprint density at radius 2 is 1.10 bits per heavy atom. The number of phenols is 2. The van der Waals surface area contributed by atoms with Gasteiger partial charge < -0.3 is 84.1 Å². The van der Waals surface area contributed by atoms with Crippen molar-refractivity contribution in [2.45, 2.75) is 147 Å². The van der Waals surface area contributed by atoms with E-state index in [-0.39, 0.29) is 43.3 Å². The van der Waals surface area contributed by atoms with E-state index < -0.39 is 138 Å². The fraction of sp³-hybridized carbons (Fsp3) is 0.409. The number of benzene rings is 4. The predicted molar refractivity (Wildman–Crippen MR) is 352 cm³/mol. The predicted octanol–water partition coefficient (Wildman–Crippen LogP) is 0.408. The molecule has 29 nitrogen and oxygen atoms in total. The molecule has 15 N–H and O–H groups in total. The molecule has 4 aromatic carbocycles. The molecule has 512 valence electrons. The van der Waals surface area contributed by atoms with Crippen LogP contribution in [0.15, 0.2) is 97.2 Å². The third-order valence-corrected chi connectivity index (χ3v) is 16.8. The lowest BCUT2D eigenvalue weighted by molar-refractivity contribution is -0.135. The van der Waals surface area contributed by atoms with Crippen molar-refractivity contribution < 1.29 is 72.5 Å². The van der Waals surface area contributed by atoms with Crippen LogP contribution in [0, 0.1) is 0 Å². The molecule has 12 amide bonds. The molecule has 1 aliphatic carbocycles. The minimum atomic E-state index is -1.40. The minimum absolute atomic E-state index is 0.00634. The van der Waals surface area contributed by atoms with Gasteiger partial charge in [0.15, 0.2) is 5.13 Å². The van der Waals surface area contributed by atoms with Crippen LogP contribution in [-0.4, -0.2) is 173 Å². The maximum Gasteiger partial charge on any atom is 0.407 e. The van der Waals surface area contributed by atoms with Crippen LogP contribution in [0.1, 0.15) is 100 Å². The summed E-state index contributed by atoms with van der Waals surface area (Å²) in [5, 5.41) is 54.9. The van der Waals surface area contributed by atoms with E-state index in [9.17, 15) is 67.7 Å². The van der Waals surface area contributed by atoms with Crippen molar-refractivity contribution in [3.8, 4) is 22.6 Å². The van der Waals surface area contributed by atoms with Crippen molar-refractivity contribution in [2.24, 2.45) is 0 Å². The van der Waals surface area contributed by atoms with Gasteiger partial charge in [-0.1, -0.05) is 72.8 Å². The Hall–Kier alpha value is -10.6. The first-order chi connectivity index (χ1) is 45.6. The molecule has 1 aromatic heterocycles. The standard InChI is InChI=1S/C66H82N14O15S/c1-33-55(84)67-24-13-25-68-65-70-30-45(96-65)29-43-26-42(20-23-53(43)82)28-51(63(92)76-38(6)60(89)73-35(3)57(86)71-33)79-54(83)31-69-56(85)34(2)72-59(88)37(5)77-64(93)52(27-41-18-21-44(81)22-19-41)80-62(91)39(7)75-58(87)36(4)74-61(90)40(8)78-66(94)95-32-50-48-16-11-9-14-46(48)47-15-10-12-17-49(47)50/h9-12,14-23,26,30,33-40,50-52,81-82H,13,24-25,27-29,31-32H2,1-8H3,(H,67,84)(H,68,70)(H,69,85)(H,71,86)(H,72,88)(H,73,89)(H,74,90)(H,75,87)(H,76,92)(H,77,93)(H,78,94)(H,79,83)(H,80,91)/t33-,34-,35-,36-,37-,38-,39-,40-,51-,52-/m0/s1. The number of carbonyl (C=O) groups excluding carboxylic acids is 12. The lowest BCUT2D eigenvalue weighted by Crippen LogP contribution is -2.59. The van der Waals surface area contributed by atoms with Gasteiger partial charge in [0, 0.05) is 49.3 Å². The van der Waals surface area contributed by atoms with Crippen molar-refractivity contribution >= 4 is 87.5 Å². The molecular weight excluding hydrogens is 1260 g/mol. The number of phenolic OH excluding ortho intramolecular Hbond substituents is 2. The van der Waals surface area contributed by atoms with Crippen LogP contribution in [-0.2, 0) is 76.7 Å². The number of rotatable bonds is 19. The largest absolute Gasteiger partial charge is 0.508 e. The monoisotopic (exact) mass is 1340 g/mol. The van der Waals surface area contributed by atoms with E-state index in [2.05, 4.69) is 74.1 Å². The van der Waals surface area contributed by atoms with Gasteiger partial charge in [0.2, 0.25) is 65.0 Å². The summed E-state index contributed by atoms with van der Waals surface area (Å²) in [5.41, 5.74) is 5.52. The van der Waals surface area contributed by atoms with Crippen molar-refractivity contribution in [1.29, 1.82) is 0 Å². The molecule has 1 aliphatic heterocycles. The molecule has 0 fully saturated rings. The molecule has 2 aliphatic rings. The molecule has 0 saturated heterocycles. The molecule has 5 aromatic rings. The first-order valence-electron chi connectivity index (χ1n) is 31.3. The number of fused-ring (bicyclic) bond motifs is 7. The zero-order valence-electron chi connectivity index (χ0n) is 54.3. The average Bonchev–Trinajstić information content (AvgIpc) is 1.62. The van der Waals surface area contributed by atoms with Crippen LogP contribution >= 0.6 is 11.3 Å². The Bertz CT molecular complexity index is 3650. The number of nitrogens with one attached hydrogen (secondary N) is 13. The van der Waals surface area contributed by atoms with Crippen LogP contribution in [0.2, 0.25) is 0 Å². The second-order valence-corrected chi connectivity index (χ2v) is 24.7. The number of anilines is 1. The average molecular weight is 1340 g/mol. The third-order valence-electron chi connectivity index (χ3n) is 15.9. The number of amides is 12. The van der Waals surface area contributed by atoms with Crippen LogP contribution in [0.4, 0.5) is 9.93 Å². The quantitative estimate of drug-likeness (QED) is 0.0532. The van der Waals surface area contributed by atoms with Crippen molar-refractivity contribution in [2.75, 3.05) is 31.6 Å². The van der Waals surface area contributed by atoms with Crippen LogP contribution < -0.4 is 69.1 Å². The number of hydrogen-bond acceptors (Lipinski definition) is 18. The van der Waals surface area contributed by atoms with Gasteiger partial charge in [0.05, 0.1) is 6.54 Å².